The Labute approximate surface area is 208 Å². The van der Waals surface area contributed by atoms with E-state index in [-0.39, 0.29) is 5.91 Å². The predicted molar refractivity (Wildman–Crippen MR) is 140 cm³/mol. The van der Waals surface area contributed by atoms with Gasteiger partial charge in [0.2, 0.25) is 0 Å². The molecule has 5 nitrogen and oxygen atoms in total. The molecule has 2 fully saturated rings. The number of benzene rings is 2. The van der Waals surface area contributed by atoms with Gasteiger partial charge in [0.15, 0.2) is 11.5 Å². The third kappa shape index (κ3) is 4.86. The van der Waals surface area contributed by atoms with E-state index in [4.69, 9.17) is 14.5 Å². The molecule has 1 heterocycles. The van der Waals surface area contributed by atoms with Gasteiger partial charge in [-0.15, -0.1) is 0 Å². The average molecular weight is 473 g/mol. The van der Waals surface area contributed by atoms with Gasteiger partial charge in [0, 0.05) is 23.0 Å². The standard InChI is InChI=1S/C30H36N2O3/c1-34-28-18-17-21(19-29(28)35-2)27-20-25(24-15-9-10-16-26(24)31-27)30(33)32(22-11-5-3-6-12-22)23-13-7-4-8-14-23/h9-10,15-20,22-23H,3-8,11-14H2,1-2H3. The van der Waals surface area contributed by atoms with Crippen LogP contribution in [0.2, 0.25) is 0 Å². The summed E-state index contributed by atoms with van der Waals surface area (Å²) in [6.45, 7) is 0. The molecule has 2 aliphatic carbocycles. The van der Waals surface area contributed by atoms with Crippen molar-refractivity contribution in [3.05, 3.63) is 54.1 Å². The van der Waals surface area contributed by atoms with E-state index < -0.39 is 0 Å². The second kappa shape index (κ2) is 10.7. The number of fused-ring (bicyclic) bond motifs is 1. The van der Waals surface area contributed by atoms with Gasteiger partial charge in [-0.3, -0.25) is 4.79 Å². The first-order valence-electron chi connectivity index (χ1n) is 13.1. The SMILES string of the molecule is COc1ccc(-c2cc(C(=O)N(C3CCCCC3)C3CCCCC3)c3ccccc3n2)cc1OC. The van der Waals surface area contributed by atoms with E-state index in [2.05, 4.69) is 4.90 Å². The topological polar surface area (TPSA) is 51.7 Å². The maximum absolute atomic E-state index is 14.4. The van der Waals surface area contributed by atoms with E-state index in [1.165, 1.54) is 38.5 Å². The summed E-state index contributed by atoms with van der Waals surface area (Å²) in [5.41, 5.74) is 3.29. The summed E-state index contributed by atoms with van der Waals surface area (Å²) in [5.74, 6) is 1.50. The Bertz CT molecular complexity index is 1160. The highest BCUT2D eigenvalue weighted by atomic mass is 16.5. The van der Waals surface area contributed by atoms with Crippen LogP contribution in [0.5, 0.6) is 11.5 Å². The van der Waals surface area contributed by atoms with E-state index in [1.807, 2.05) is 48.5 Å². The molecule has 0 saturated heterocycles. The summed E-state index contributed by atoms with van der Waals surface area (Å²) in [7, 11) is 3.27. The summed E-state index contributed by atoms with van der Waals surface area (Å²) in [4.78, 5) is 21.6. The fourth-order valence-electron chi connectivity index (χ4n) is 5.98. The van der Waals surface area contributed by atoms with Crippen molar-refractivity contribution in [2.24, 2.45) is 0 Å². The molecule has 2 saturated carbocycles. The Morgan fingerprint density at radius 2 is 1.43 bits per heavy atom. The highest BCUT2D eigenvalue weighted by Gasteiger charge is 2.34. The van der Waals surface area contributed by atoms with E-state index >= 15 is 0 Å². The number of hydrogen-bond donors (Lipinski definition) is 0. The van der Waals surface area contributed by atoms with Gasteiger partial charge >= 0.3 is 0 Å². The largest absolute Gasteiger partial charge is 0.493 e. The summed E-state index contributed by atoms with van der Waals surface area (Å²) < 4.78 is 11.0. The molecule has 35 heavy (non-hydrogen) atoms. The fourth-order valence-corrected chi connectivity index (χ4v) is 5.98. The monoisotopic (exact) mass is 472 g/mol. The van der Waals surface area contributed by atoms with Crippen LogP contribution in [0.3, 0.4) is 0 Å². The van der Waals surface area contributed by atoms with E-state index in [1.54, 1.807) is 14.2 Å². The zero-order valence-electron chi connectivity index (χ0n) is 21.0. The number of methoxy groups -OCH3 is 2. The molecule has 0 spiro atoms. The molecule has 0 bridgehead atoms. The summed E-state index contributed by atoms with van der Waals surface area (Å²) >= 11 is 0. The van der Waals surface area contributed by atoms with E-state index in [0.717, 1.165) is 53.4 Å². The van der Waals surface area contributed by atoms with Crippen molar-refractivity contribution >= 4 is 16.8 Å². The normalized spacial score (nSPS) is 17.3. The molecule has 1 amide bonds. The number of hydrogen-bond acceptors (Lipinski definition) is 4. The second-order valence-corrected chi connectivity index (χ2v) is 9.94. The van der Waals surface area contributed by atoms with Crippen LogP contribution < -0.4 is 9.47 Å². The molecular formula is C30H36N2O3. The van der Waals surface area contributed by atoms with Crippen LogP contribution in [0, 0.1) is 0 Å². The number of nitrogens with zero attached hydrogens (tertiary/aromatic N) is 2. The van der Waals surface area contributed by atoms with Crippen molar-refractivity contribution in [3.8, 4) is 22.8 Å². The lowest BCUT2D eigenvalue weighted by molar-refractivity contribution is 0.0450. The van der Waals surface area contributed by atoms with Crippen LogP contribution in [0.25, 0.3) is 22.2 Å². The molecule has 2 aliphatic rings. The number of ether oxygens (including phenoxy) is 2. The van der Waals surface area contributed by atoms with Crippen LogP contribution in [-0.2, 0) is 0 Å². The number of para-hydroxylation sites is 1. The summed E-state index contributed by atoms with van der Waals surface area (Å²) in [6, 6.07) is 16.5. The fraction of sp³-hybridized carbons (Fsp3) is 0.467. The van der Waals surface area contributed by atoms with Gasteiger partial charge in [-0.2, -0.15) is 0 Å². The van der Waals surface area contributed by atoms with Gasteiger partial charge in [0.25, 0.3) is 5.91 Å². The van der Waals surface area contributed by atoms with Crippen LogP contribution in [0.1, 0.15) is 74.6 Å². The Balaban J connectivity index is 1.60. The molecule has 0 atom stereocenters. The molecular weight excluding hydrogens is 436 g/mol. The first-order valence-corrected chi connectivity index (χ1v) is 13.1. The number of carbonyl (C=O) groups is 1. The first kappa shape index (κ1) is 23.7. The minimum Gasteiger partial charge on any atom is -0.493 e. The van der Waals surface area contributed by atoms with Crippen LogP contribution in [-0.4, -0.2) is 42.1 Å². The first-order chi connectivity index (χ1) is 17.2. The van der Waals surface area contributed by atoms with Crippen molar-refractivity contribution < 1.29 is 14.3 Å². The average Bonchev–Trinajstić information content (AvgIpc) is 2.93. The lowest BCUT2D eigenvalue weighted by atomic mass is 9.87. The molecule has 5 heteroatoms. The molecule has 0 N–H and O–H groups in total. The molecule has 3 aromatic rings. The van der Waals surface area contributed by atoms with Gasteiger partial charge in [-0.05, 0) is 56.0 Å². The Morgan fingerprint density at radius 3 is 2.06 bits per heavy atom. The maximum Gasteiger partial charge on any atom is 0.255 e. The van der Waals surface area contributed by atoms with Crippen molar-refractivity contribution in [1.82, 2.24) is 9.88 Å². The Hall–Kier alpha value is -3.08. The van der Waals surface area contributed by atoms with E-state index in [0.29, 0.717) is 23.6 Å². The minimum absolute atomic E-state index is 0.170. The van der Waals surface area contributed by atoms with Gasteiger partial charge < -0.3 is 14.4 Å². The second-order valence-electron chi connectivity index (χ2n) is 9.94. The van der Waals surface area contributed by atoms with Gasteiger partial charge in [-0.1, -0.05) is 56.7 Å². The molecule has 5 rings (SSSR count). The summed E-state index contributed by atoms with van der Waals surface area (Å²) in [6.07, 6.45) is 11.9. The molecule has 0 aliphatic heterocycles. The van der Waals surface area contributed by atoms with Crippen molar-refractivity contribution in [1.29, 1.82) is 0 Å². The zero-order valence-corrected chi connectivity index (χ0v) is 21.0. The number of rotatable bonds is 6. The number of pyridine rings is 1. The van der Waals surface area contributed by atoms with Gasteiger partial charge in [0.1, 0.15) is 0 Å². The number of amides is 1. The lowest BCUT2D eigenvalue weighted by Crippen LogP contribution is -2.48. The highest BCUT2D eigenvalue weighted by Crippen LogP contribution is 2.36. The van der Waals surface area contributed by atoms with Crippen LogP contribution in [0.4, 0.5) is 0 Å². The minimum atomic E-state index is 0.170. The Kier molecular flexibility index (Phi) is 7.21. The Morgan fingerprint density at radius 1 is 0.800 bits per heavy atom. The van der Waals surface area contributed by atoms with E-state index in [9.17, 15) is 4.79 Å². The van der Waals surface area contributed by atoms with Gasteiger partial charge in [-0.25, -0.2) is 4.98 Å². The van der Waals surface area contributed by atoms with Crippen molar-refractivity contribution in [2.45, 2.75) is 76.3 Å². The molecule has 184 valence electrons. The zero-order chi connectivity index (χ0) is 24.2. The quantitative estimate of drug-likeness (QED) is 0.387. The highest BCUT2D eigenvalue weighted by molar-refractivity contribution is 6.07. The predicted octanol–water partition coefficient (Wildman–Crippen LogP) is 7.03. The third-order valence-corrected chi connectivity index (χ3v) is 7.80. The maximum atomic E-state index is 14.4. The summed E-state index contributed by atoms with van der Waals surface area (Å²) in [5, 5.41) is 0.929. The third-order valence-electron chi connectivity index (χ3n) is 7.80. The van der Waals surface area contributed by atoms with Crippen LogP contribution >= 0.6 is 0 Å². The molecule has 1 aromatic heterocycles. The smallest absolute Gasteiger partial charge is 0.255 e. The lowest BCUT2D eigenvalue weighted by Gasteiger charge is -2.42. The molecule has 0 radical (unpaired) electrons. The number of carbonyl (C=O) groups excluding carboxylic acids is 1. The van der Waals surface area contributed by atoms with Crippen LogP contribution in [0.15, 0.2) is 48.5 Å². The van der Waals surface area contributed by atoms with Crippen molar-refractivity contribution in [3.63, 3.8) is 0 Å². The number of aromatic nitrogens is 1. The van der Waals surface area contributed by atoms with Crippen molar-refractivity contribution in [2.75, 3.05) is 14.2 Å². The van der Waals surface area contributed by atoms with Gasteiger partial charge in [0.05, 0.1) is 31.0 Å². The molecule has 2 aromatic carbocycles. The molecule has 0 unspecified atom stereocenters.